The Bertz CT molecular complexity index is 626. The molecule has 0 heterocycles. The van der Waals surface area contributed by atoms with Gasteiger partial charge in [-0.15, -0.1) is 0 Å². The van der Waals surface area contributed by atoms with Crippen molar-refractivity contribution in [3.05, 3.63) is 58.1 Å². The van der Waals surface area contributed by atoms with Crippen LogP contribution in [0.15, 0.2) is 46.9 Å². The predicted octanol–water partition coefficient (Wildman–Crippen LogP) is 3.81. The maximum absolute atomic E-state index is 10.9. The van der Waals surface area contributed by atoms with E-state index in [2.05, 4.69) is 21.2 Å². The van der Waals surface area contributed by atoms with Gasteiger partial charge in [-0.05, 0) is 58.2 Å². The Hall–Kier alpha value is -2.01. The zero-order valence-corrected chi connectivity index (χ0v) is 13.2. The summed E-state index contributed by atoms with van der Waals surface area (Å²) in [5, 5.41) is 12.2. The number of nitrogens with one attached hydrogen (secondary N) is 1. The molecule has 0 atom stereocenters. The van der Waals surface area contributed by atoms with Gasteiger partial charge < -0.3 is 15.2 Å². The van der Waals surface area contributed by atoms with Crippen LogP contribution in [0, 0.1) is 0 Å². The molecule has 2 aromatic rings. The summed E-state index contributed by atoms with van der Waals surface area (Å²) < 4.78 is 5.69. The maximum atomic E-state index is 10.9. The van der Waals surface area contributed by atoms with Crippen molar-refractivity contribution >= 4 is 27.6 Å². The van der Waals surface area contributed by atoms with Gasteiger partial charge in [0.15, 0.2) is 0 Å². The molecule has 0 aromatic heterocycles. The van der Waals surface area contributed by atoms with Crippen LogP contribution >= 0.6 is 15.9 Å². The van der Waals surface area contributed by atoms with Crippen LogP contribution in [0.1, 0.15) is 15.9 Å². The van der Waals surface area contributed by atoms with E-state index in [-0.39, 0.29) is 5.56 Å². The highest BCUT2D eigenvalue weighted by molar-refractivity contribution is 9.10. The molecule has 5 heteroatoms. The molecule has 0 saturated carbocycles. The number of carbonyl (C=O) groups is 1. The number of carboxylic acids is 1. The van der Waals surface area contributed by atoms with Crippen LogP contribution in [0.3, 0.4) is 0 Å². The van der Waals surface area contributed by atoms with Crippen molar-refractivity contribution in [2.24, 2.45) is 0 Å². The Balaban J connectivity index is 1.91. The summed E-state index contributed by atoms with van der Waals surface area (Å²) >= 11 is 3.27. The Morgan fingerprint density at radius 2 is 1.95 bits per heavy atom. The molecule has 0 fully saturated rings. The zero-order valence-electron chi connectivity index (χ0n) is 11.6. The third-order valence-corrected chi connectivity index (χ3v) is 3.76. The standard InChI is InChI=1S/C16H16BrNO3/c1-21-13-5-2-11(3-6-13)8-9-18-12-4-7-14(16(19)20)15(17)10-12/h2-7,10,18H,8-9H2,1H3,(H,19,20). The molecule has 0 aliphatic heterocycles. The number of methoxy groups -OCH3 is 1. The third-order valence-electron chi connectivity index (χ3n) is 3.10. The molecular weight excluding hydrogens is 334 g/mol. The van der Waals surface area contributed by atoms with Gasteiger partial charge in [0.1, 0.15) is 5.75 Å². The first-order valence-corrected chi connectivity index (χ1v) is 7.29. The van der Waals surface area contributed by atoms with Gasteiger partial charge in [0.25, 0.3) is 0 Å². The number of rotatable bonds is 6. The molecule has 0 saturated heterocycles. The second-order valence-corrected chi connectivity index (χ2v) is 5.38. The van der Waals surface area contributed by atoms with Gasteiger partial charge in [-0.3, -0.25) is 0 Å². The molecule has 2 N–H and O–H groups in total. The van der Waals surface area contributed by atoms with Crippen molar-refractivity contribution < 1.29 is 14.6 Å². The highest BCUT2D eigenvalue weighted by Gasteiger charge is 2.08. The van der Waals surface area contributed by atoms with Gasteiger partial charge in [0.05, 0.1) is 12.7 Å². The van der Waals surface area contributed by atoms with Crippen LogP contribution in [0.5, 0.6) is 5.75 Å². The fourth-order valence-corrected chi connectivity index (χ4v) is 2.49. The van der Waals surface area contributed by atoms with E-state index in [9.17, 15) is 4.79 Å². The van der Waals surface area contributed by atoms with Crippen LogP contribution in [-0.2, 0) is 6.42 Å². The average molecular weight is 350 g/mol. The monoisotopic (exact) mass is 349 g/mol. The fraction of sp³-hybridized carbons (Fsp3) is 0.188. The summed E-state index contributed by atoms with van der Waals surface area (Å²) in [4.78, 5) is 10.9. The average Bonchev–Trinajstić information content (AvgIpc) is 2.47. The Morgan fingerprint density at radius 1 is 1.24 bits per heavy atom. The summed E-state index contributed by atoms with van der Waals surface area (Å²) in [6, 6.07) is 13.1. The van der Waals surface area contributed by atoms with Crippen LogP contribution in [0.25, 0.3) is 0 Å². The second kappa shape index (κ2) is 7.13. The van der Waals surface area contributed by atoms with Gasteiger partial charge >= 0.3 is 5.97 Å². The maximum Gasteiger partial charge on any atom is 0.336 e. The smallest absolute Gasteiger partial charge is 0.336 e. The quantitative estimate of drug-likeness (QED) is 0.832. The summed E-state index contributed by atoms with van der Waals surface area (Å²) in [6.07, 6.45) is 0.877. The predicted molar refractivity (Wildman–Crippen MR) is 86.3 cm³/mol. The minimum absolute atomic E-state index is 0.260. The molecule has 0 aliphatic carbocycles. The molecule has 0 aliphatic rings. The minimum atomic E-state index is -0.938. The molecule has 0 spiro atoms. The highest BCUT2D eigenvalue weighted by atomic mass is 79.9. The summed E-state index contributed by atoms with van der Waals surface area (Å²) in [5.41, 5.74) is 2.36. The number of anilines is 1. The minimum Gasteiger partial charge on any atom is -0.497 e. The van der Waals surface area contributed by atoms with Crippen LogP contribution in [0.2, 0.25) is 0 Å². The van der Waals surface area contributed by atoms with E-state index in [0.29, 0.717) is 4.47 Å². The molecule has 0 bridgehead atoms. The van der Waals surface area contributed by atoms with E-state index in [4.69, 9.17) is 9.84 Å². The first-order chi connectivity index (χ1) is 10.1. The van der Waals surface area contributed by atoms with E-state index in [0.717, 1.165) is 24.4 Å². The fourth-order valence-electron chi connectivity index (χ4n) is 1.94. The number of aromatic carboxylic acids is 1. The van der Waals surface area contributed by atoms with E-state index >= 15 is 0 Å². The summed E-state index contributed by atoms with van der Waals surface area (Å²) in [6.45, 7) is 0.769. The second-order valence-electron chi connectivity index (χ2n) is 4.52. The normalized spacial score (nSPS) is 10.2. The Morgan fingerprint density at radius 3 is 2.52 bits per heavy atom. The number of halogens is 1. The number of carboxylic acid groups (broad SMARTS) is 1. The summed E-state index contributed by atoms with van der Waals surface area (Å²) in [7, 11) is 1.65. The van der Waals surface area contributed by atoms with Crippen LogP contribution < -0.4 is 10.1 Å². The van der Waals surface area contributed by atoms with E-state index in [1.54, 1.807) is 25.3 Å². The Kier molecular flexibility index (Phi) is 5.22. The Labute approximate surface area is 131 Å². The first-order valence-electron chi connectivity index (χ1n) is 6.50. The van der Waals surface area contributed by atoms with E-state index in [1.807, 2.05) is 24.3 Å². The van der Waals surface area contributed by atoms with Gasteiger partial charge in [0.2, 0.25) is 0 Å². The molecule has 0 radical (unpaired) electrons. The lowest BCUT2D eigenvalue weighted by Gasteiger charge is -2.08. The molecule has 21 heavy (non-hydrogen) atoms. The molecule has 2 aromatic carbocycles. The lowest BCUT2D eigenvalue weighted by Crippen LogP contribution is -2.06. The topological polar surface area (TPSA) is 58.6 Å². The molecule has 2 rings (SSSR count). The van der Waals surface area contributed by atoms with Crippen molar-refractivity contribution in [1.82, 2.24) is 0 Å². The lowest BCUT2D eigenvalue weighted by molar-refractivity contribution is 0.0696. The molecule has 4 nitrogen and oxygen atoms in total. The molecular formula is C16H16BrNO3. The summed E-state index contributed by atoms with van der Waals surface area (Å²) in [5.74, 6) is -0.0912. The van der Waals surface area contributed by atoms with Crippen molar-refractivity contribution in [1.29, 1.82) is 0 Å². The van der Waals surface area contributed by atoms with Gasteiger partial charge in [-0.2, -0.15) is 0 Å². The van der Waals surface area contributed by atoms with Gasteiger partial charge in [0, 0.05) is 16.7 Å². The van der Waals surface area contributed by atoms with E-state index in [1.165, 1.54) is 5.56 Å². The zero-order chi connectivity index (χ0) is 15.2. The largest absolute Gasteiger partial charge is 0.497 e. The first kappa shape index (κ1) is 15.4. The van der Waals surface area contributed by atoms with Crippen LogP contribution in [0.4, 0.5) is 5.69 Å². The van der Waals surface area contributed by atoms with Crippen molar-refractivity contribution in [3.8, 4) is 5.75 Å². The van der Waals surface area contributed by atoms with Gasteiger partial charge in [-0.25, -0.2) is 4.79 Å². The SMILES string of the molecule is COc1ccc(CCNc2ccc(C(=O)O)c(Br)c2)cc1. The van der Waals surface area contributed by atoms with Crippen LogP contribution in [-0.4, -0.2) is 24.7 Å². The molecule has 110 valence electrons. The number of hydrogen-bond donors (Lipinski definition) is 2. The third kappa shape index (κ3) is 4.23. The number of ether oxygens (including phenoxy) is 1. The number of benzene rings is 2. The lowest BCUT2D eigenvalue weighted by atomic mass is 10.1. The molecule has 0 amide bonds. The van der Waals surface area contributed by atoms with Crippen molar-refractivity contribution in [3.63, 3.8) is 0 Å². The van der Waals surface area contributed by atoms with E-state index < -0.39 is 5.97 Å². The van der Waals surface area contributed by atoms with Crippen molar-refractivity contribution in [2.45, 2.75) is 6.42 Å². The number of hydrogen-bond acceptors (Lipinski definition) is 3. The molecule has 0 unspecified atom stereocenters. The van der Waals surface area contributed by atoms with Crippen molar-refractivity contribution in [2.75, 3.05) is 19.0 Å². The van der Waals surface area contributed by atoms with Gasteiger partial charge in [-0.1, -0.05) is 12.1 Å². The highest BCUT2D eigenvalue weighted by Crippen LogP contribution is 2.21.